The molecule has 1 saturated heterocycles. The molecule has 0 saturated carbocycles. The summed E-state index contributed by atoms with van der Waals surface area (Å²) in [4.78, 5) is 27.4. The van der Waals surface area contributed by atoms with Gasteiger partial charge in [0.25, 0.3) is 11.8 Å². The molecule has 1 fully saturated rings. The Morgan fingerprint density at radius 3 is 2.56 bits per heavy atom. The van der Waals surface area contributed by atoms with Crippen LogP contribution in [0, 0.1) is 9.39 Å². The average Bonchev–Trinajstić information content (AvgIpc) is 3.13. The van der Waals surface area contributed by atoms with Crippen molar-refractivity contribution in [1.29, 1.82) is 0 Å². The highest BCUT2D eigenvalue weighted by Crippen LogP contribution is 2.39. The molecule has 0 aromatic heterocycles. The van der Waals surface area contributed by atoms with Crippen molar-refractivity contribution >= 4 is 80.2 Å². The van der Waals surface area contributed by atoms with Crippen molar-refractivity contribution in [3.63, 3.8) is 0 Å². The SMILES string of the molecule is CCOc1cc(/C=C2/SC(=S)N(c3ccccc3)C2=O)cc(I)c1OCC(=O)Nc1ccc(F)cc1. The molecule has 0 unspecified atom stereocenters. The van der Waals surface area contributed by atoms with Crippen molar-refractivity contribution in [2.75, 3.05) is 23.4 Å². The Morgan fingerprint density at radius 2 is 1.86 bits per heavy atom. The molecule has 10 heteroatoms. The zero-order chi connectivity index (χ0) is 25.7. The Labute approximate surface area is 231 Å². The molecule has 1 heterocycles. The highest BCUT2D eigenvalue weighted by molar-refractivity contribution is 14.1. The first kappa shape index (κ1) is 26.1. The molecule has 184 valence electrons. The van der Waals surface area contributed by atoms with Gasteiger partial charge in [-0.3, -0.25) is 14.5 Å². The summed E-state index contributed by atoms with van der Waals surface area (Å²) in [6.45, 7) is 1.96. The standard InChI is InChI=1S/C26H20FIN2O4S2/c1-2-33-21-13-16(14-22-25(32)30(26(35)36-22)19-6-4-3-5-7-19)12-20(28)24(21)34-15-23(31)29-18-10-8-17(27)9-11-18/h3-14H,2,15H2,1H3,(H,29,31)/b22-14+. The van der Waals surface area contributed by atoms with Crippen LogP contribution < -0.4 is 19.7 Å². The van der Waals surface area contributed by atoms with Crippen LogP contribution in [0.4, 0.5) is 15.8 Å². The van der Waals surface area contributed by atoms with Gasteiger partial charge in [0, 0.05) is 5.69 Å². The van der Waals surface area contributed by atoms with E-state index in [2.05, 4.69) is 27.9 Å². The fraction of sp³-hybridized carbons (Fsp3) is 0.115. The molecule has 0 bridgehead atoms. The Kier molecular flexibility index (Phi) is 8.60. The molecule has 0 radical (unpaired) electrons. The maximum atomic E-state index is 13.1. The van der Waals surface area contributed by atoms with Gasteiger partial charge in [0.05, 0.1) is 20.8 Å². The molecule has 4 rings (SSSR count). The maximum Gasteiger partial charge on any atom is 0.270 e. The number of carbonyl (C=O) groups is 2. The minimum atomic E-state index is -0.395. The number of rotatable bonds is 8. The van der Waals surface area contributed by atoms with Gasteiger partial charge in [0.1, 0.15) is 5.82 Å². The van der Waals surface area contributed by atoms with Crippen molar-refractivity contribution < 1.29 is 23.5 Å². The zero-order valence-electron chi connectivity index (χ0n) is 19.0. The van der Waals surface area contributed by atoms with E-state index in [1.807, 2.05) is 43.3 Å². The number of hydrogen-bond donors (Lipinski definition) is 1. The third-order valence-electron chi connectivity index (χ3n) is 4.91. The summed E-state index contributed by atoms with van der Waals surface area (Å²) in [6.07, 6.45) is 1.76. The van der Waals surface area contributed by atoms with Gasteiger partial charge < -0.3 is 14.8 Å². The highest BCUT2D eigenvalue weighted by atomic mass is 127. The van der Waals surface area contributed by atoms with Crippen LogP contribution in [0.1, 0.15) is 12.5 Å². The lowest BCUT2D eigenvalue weighted by Crippen LogP contribution is -2.27. The molecule has 6 nitrogen and oxygen atoms in total. The molecule has 36 heavy (non-hydrogen) atoms. The van der Waals surface area contributed by atoms with Crippen LogP contribution in [0.5, 0.6) is 11.5 Å². The van der Waals surface area contributed by atoms with Gasteiger partial charge in [-0.2, -0.15) is 0 Å². The first-order valence-corrected chi connectivity index (χ1v) is 13.1. The predicted octanol–water partition coefficient (Wildman–Crippen LogP) is 6.25. The van der Waals surface area contributed by atoms with Crippen molar-refractivity contribution in [2.24, 2.45) is 0 Å². The fourth-order valence-electron chi connectivity index (χ4n) is 3.36. The van der Waals surface area contributed by atoms with E-state index >= 15 is 0 Å². The number of nitrogens with one attached hydrogen (secondary N) is 1. The maximum absolute atomic E-state index is 13.1. The smallest absolute Gasteiger partial charge is 0.270 e. The topological polar surface area (TPSA) is 67.9 Å². The van der Waals surface area contributed by atoms with Gasteiger partial charge in [-0.1, -0.05) is 42.2 Å². The minimum Gasteiger partial charge on any atom is -0.490 e. The number of carbonyl (C=O) groups excluding carboxylic acids is 2. The van der Waals surface area contributed by atoms with Crippen LogP contribution in [-0.4, -0.2) is 29.3 Å². The number of para-hydroxylation sites is 1. The first-order valence-electron chi connectivity index (χ1n) is 10.8. The molecule has 1 aliphatic heterocycles. The van der Waals surface area contributed by atoms with Crippen LogP contribution in [0.15, 0.2) is 71.6 Å². The summed E-state index contributed by atoms with van der Waals surface area (Å²) < 4.78 is 25.8. The van der Waals surface area contributed by atoms with E-state index in [-0.39, 0.29) is 18.3 Å². The summed E-state index contributed by atoms with van der Waals surface area (Å²) >= 11 is 8.78. The van der Waals surface area contributed by atoms with E-state index in [0.717, 1.165) is 11.3 Å². The number of halogens is 2. The Hall–Kier alpha value is -2.96. The molecule has 2 amide bonds. The lowest BCUT2D eigenvalue weighted by Gasteiger charge is -2.15. The molecule has 3 aromatic rings. The molecule has 0 atom stereocenters. The second-order valence-corrected chi connectivity index (χ2v) is 10.3. The Morgan fingerprint density at radius 1 is 1.14 bits per heavy atom. The van der Waals surface area contributed by atoms with E-state index in [1.54, 1.807) is 12.1 Å². The number of thioether (sulfide) groups is 1. The Balaban J connectivity index is 1.51. The van der Waals surface area contributed by atoms with Gasteiger partial charge >= 0.3 is 0 Å². The Bertz CT molecular complexity index is 1330. The van der Waals surface area contributed by atoms with Gasteiger partial charge in [-0.25, -0.2) is 4.39 Å². The lowest BCUT2D eigenvalue weighted by molar-refractivity contribution is -0.118. The molecule has 0 spiro atoms. The van der Waals surface area contributed by atoms with E-state index < -0.39 is 5.91 Å². The molecule has 3 aromatic carbocycles. The van der Waals surface area contributed by atoms with Crippen molar-refractivity contribution in [3.05, 3.63) is 86.6 Å². The number of thiocarbonyl (C=S) groups is 1. The number of nitrogens with zero attached hydrogens (tertiary/aromatic N) is 1. The quantitative estimate of drug-likeness (QED) is 0.180. The van der Waals surface area contributed by atoms with Crippen LogP contribution in [-0.2, 0) is 9.59 Å². The summed E-state index contributed by atoms with van der Waals surface area (Å²) in [5, 5.41) is 2.66. The molecular formula is C26H20FIN2O4S2. The second kappa shape index (κ2) is 11.8. The number of ether oxygens (including phenoxy) is 2. The van der Waals surface area contributed by atoms with Gasteiger partial charge in [-0.15, -0.1) is 0 Å². The summed E-state index contributed by atoms with van der Waals surface area (Å²) in [6, 6.07) is 18.3. The zero-order valence-corrected chi connectivity index (χ0v) is 22.8. The van der Waals surface area contributed by atoms with Gasteiger partial charge in [0.2, 0.25) is 0 Å². The van der Waals surface area contributed by atoms with Crippen molar-refractivity contribution in [2.45, 2.75) is 6.92 Å². The van der Waals surface area contributed by atoms with E-state index in [9.17, 15) is 14.0 Å². The number of hydrogen-bond acceptors (Lipinski definition) is 6. The first-order chi connectivity index (χ1) is 17.4. The third kappa shape index (κ3) is 6.23. The van der Waals surface area contributed by atoms with E-state index in [0.29, 0.717) is 36.6 Å². The largest absolute Gasteiger partial charge is 0.490 e. The summed E-state index contributed by atoms with van der Waals surface area (Å²) in [7, 11) is 0. The summed E-state index contributed by atoms with van der Waals surface area (Å²) in [5.41, 5.74) is 1.92. The van der Waals surface area contributed by atoms with Gasteiger partial charge in [0.15, 0.2) is 22.4 Å². The summed E-state index contributed by atoms with van der Waals surface area (Å²) in [5.74, 6) is -0.109. The molecule has 0 aliphatic carbocycles. The van der Waals surface area contributed by atoms with E-state index in [1.165, 1.54) is 40.9 Å². The van der Waals surface area contributed by atoms with Crippen molar-refractivity contribution in [1.82, 2.24) is 0 Å². The average molecular weight is 634 g/mol. The van der Waals surface area contributed by atoms with Crippen LogP contribution in [0.3, 0.4) is 0 Å². The number of benzene rings is 3. The van der Waals surface area contributed by atoms with Crippen LogP contribution >= 0.6 is 46.6 Å². The fourth-order valence-corrected chi connectivity index (χ4v) is 5.44. The highest BCUT2D eigenvalue weighted by Gasteiger charge is 2.33. The molecule has 1 aliphatic rings. The van der Waals surface area contributed by atoms with E-state index in [4.69, 9.17) is 21.7 Å². The van der Waals surface area contributed by atoms with Crippen molar-refractivity contribution in [3.8, 4) is 11.5 Å². The lowest BCUT2D eigenvalue weighted by atomic mass is 10.1. The predicted molar refractivity (Wildman–Crippen MR) is 153 cm³/mol. The van der Waals surface area contributed by atoms with Gasteiger partial charge in [-0.05, 0) is 89.7 Å². The number of amides is 2. The second-order valence-electron chi connectivity index (χ2n) is 7.46. The van der Waals surface area contributed by atoms with Crippen LogP contribution in [0.25, 0.3) is 6.08 Å². The normalized spacial score (nSPS) is 14.3. The monoisotopic (exact) mass is 634 g/mol. The van der Waals surface area contributed by atoms with Crippen LogP contribution in [0.2, 0.25) is 0 Å². The number of anilines is 2. The molecule has 1 N–H and O–H groups in total. The minimum absolute atomic E-state index is 0.193. The molecular weight excluding hydrogens is 614 g/mol. The third-order valence-corrected chi connectivity index (χ3v) is 7.02.